The van der Waals surface area contributed by atoms with E-state index in [1.54, 1.807) is 0 Å². The van der Waals surface area contributed by atoms with Gasteiger partial charge in [0.1, 0.15) is 6.10 Å². The molecule has 3 aromatic rings. The summed E-state index contributed by atoms with van der Waals surface area (Å²) in [6, 6.07) is 30.7. The van der Waals surface area contributed by atoms with Gasteiger partial charge in [-0.25, -0.2) is 0 Å². The first kappa shape index (κ1) is 59.6. The van der Waals surface area contributed by atoms with Gasteiger partial charge in [-0.05, 0) is 124 Å². The van der Waals surface area contributed by atoms with Crippen molar-refractivity contribution in [2.45, 2.75) is 239 Å². The lowest BCUT2D eigenvalue weighted by molar-refractivity contribution is -0.150. The van der Waals surface area contributed by atoms with Gasteiger partial charge in [0.15, 0.2) is 0 Å². The van der Waals surface area contributed by atoms with Crippen LogP contribution < -0.4 is 15.3 Å². The molecule has 384 valence electrons. The summed E-state index contributed by atoms with van der Waals surface area (Å²) in [5.41, 5.74) is 2.50. The molecule has 0 radical (unpaired) electrons. The van der Waals surface area contributed by atoms with E-state index < -0.39 is 8.32 Å². The van der Waals surface area contributed by atoms with Crippen LogP contribution >= 0.6 is 0 Å². The zero-order valence-corrected chi connectivity index (χ0v) is 46.4. The number of nitrogens with zero attached hydrogens (tertiary/aromatic N) is 1. The zero-order chi connectivity index (χ0) is 49.7. The van der Waals surface area contributed by atoms with Gasteiger partial charge in [0.05, 0.1) is 0 Å². The molecular weight excluding hydrogens is 859 g/mol. The Morgan fingerprint density at radius 2 is 1.00 bits per heavy atom. The quantitative estimate of drug-likeness (QED) is 0.0246. The minimum Gasteiger partial charge on any atom is -0.462 e. The highest BCUT2D eigenvalue weighted by molar-refractivity contribution is 6.99. The molecule has 0 aromatic heterocycles. The van der Waals surface area contributed by atoms with E-state index in [4.69, 9.17) is 9.16 Å². The van der Waals surface area contributed by atoms with Crippen LogP contribution in [0.25, 0.3) is 0 Å². The summed E-state index contributed by atoms with van der Waals surface area (Å²) >= 11 is 0. The molecular formula is C64H101NO3Si. The summed E-state index contributed by atoms with van der Waals surface area (Å²) in [5, 5.41) is 2.71. The van der Waals surface area contributed by atoms with Gasteiger partial charge in [-0.1, -0.05) is 233 Å². The van der Waals surface area contributed by atoms with E-state index >= 15 is 0 Å². The number of carbonyl (C=O) groups is 1. The lowest BCUT2D eigenvalue weighted by Gasteiger charge is -2.45. The van der Waals surface area contributed by atoms with Crippen LogP contribution in [0.2, 0.25) is 5.04 Å². The Bertz CT molecular complexity index is 1760. The monoisotopic (exact) mass is 960 g/mol. The van der Waals surface area contributed by atoms with E-state index in [-0.39, 0.29) is 23.2 Å². The molecule has 69 heavy (non-hydrogen) atoms. The van der Waals surface area contributed by atoms with Crippen molar-refractivity contribution >= 4 is 30.3 Å². The lowest BCUT2D eigenvalue weighted by atomic mass is 10.0. The largest absolute Gasteiger partial charge is 0.462 e. The minimum absolute atomic E-state index is 0.0179. The fraction of sp³-hybridized carbons (Fsp3) is 0.609. The maximum atomic E-state index is 13.1. The van der Waals surface area contributed by atoms with E-state index in [1.807, 2.05) is 0 Å². The first-order valence-corrected chi connectivity index (χ1v) is 30.2. The van der Waals surface area contributed by atoms with Crippen LogP contribution in [0.5, 0.6) is 0 Å². The first-order chi connectivity index (χ1) is 33.6. The van der Waals surface area contributed by atoms with Crippen molar-refractivity contribution < 1.29 is 14.0 Å². The highest BCUT2D eigenvalue weighted by Crippen LogP contribution is 2.38. The predicted octanol–water partition coefficient (Wildman–Crippen LogP) is 17.9. The van der Waals surface area contributed by atoms with Crippen LogP contribution in [0.1, 0.15) is 220 Å². The molecule has 3 aromatic carbocycles. The molecule has 4 nitrogen and oxygen atoms in total. The molecule has 0 amide bonds. The third-order valence-corrected chi connectivity index (χ3v) is 19.1. The molecule has 5 heteroatoms. The second-order valence-corrected chi connectivity index (χ2v) is 25.4. The number of hydrogen-bond donors (Lipinski definition) is 0. The lowest BCUT2D eigenvalue weighted by Crippen LogP contribution is -2.67. The molecule has 0 aliphatic rings. The molecule has 2 unspecified atom stereocenters. The topological polar surface area (TPSA) is 38.8 Å². The van der Waals surface area contributed by atoms with Crippen molar-refractivity contribution in [2.24, 2.45) is 0 Å². The van der Waals surface area contributed by atoms with Crippen molar-refractivity contribution in [3.63, 3.8) is 0 Å². The standard InChI is InChI=1S/C64H101NO3Si/c1-8-10-12-13-14-15-16-17-18-19-20-21-23-26-29-35-46-58(67-63(66)55-44-56-65(7)62-54-43-42-45-57(62)3)47-36-30-27-24-22-25-28-31-37-49-59(48-34-11-9-2)68-69(64(4,5)6,60-50-38-32-39-51-60)61-52-40-33-41-53-61/h14-15,17-18,31-33,37-43,45,50-54,58-59H,8-13,16,19-30,34-36,44,46-49,55-56H2,1-7H3/b15-14-,18-17-,37-31?. The Balaban J connectivity index is 1.41. The molecule has 0 heterocycles. The Kier molecular flexibility index (Phi) is 32.1. The SMILES string of the molecule is CCCCC/C=C\C/C=C\CCCCCCCCC(CCCCCCCCC=CCC(CCCCC)O[Si](c1ccccc1)(c1ccccc1)C(C)(C)C)OC(=O)CCCN(C)c1ccccc1C. The number of carbonyl (C=O) groups excluding carboxylic acids is 1. The fourth-order valence-corrected chi connectivity index (χ4v) is 14.7. The molecule has 0 aliphatic carbocycles. The first-order valence-electron chi connectivity index (χ1n) is 28.3. The summed E-state index contributed by atoms with van der Waals surface area (Å²) in [5.74, 6) is -0.0203. The van der Waals surface area contributed by atoms with Crippen molar-refractivity contribution in [1.29, 1.82) is 0 Å². The average Bonchev–Trinajstić information content (AvgIpc) is 3.34. The van der Waals surface area contributed by atoms with Crippen LogP contribution in [0.3, 0.4) is 0 Å². The highest BCUT2D eigenvalue weighted by atomic mass is 28.4. The number of anilines is 1. The Labute approximate surface area is 426 Å². The summed E-state index contributed by atoms with van der Waals surface area (Å²) in [4.78, 5) is 15.4. The van der Waals surface area contributed by atoms with Gasteiger partial charge in [0.25, 0.3) is 8.32 Å². The Hall–Kier alpha value is -3.67. The summed E-state index contributed by atoms with van der Waals surface area (Å²) in [7, 11) is -0.471. The number of hydrogen-bond acceptors (Lipinski definition) is 4. The molecule has 0 saturated carbocycles. The predicted molar refractivity (Wildman–Crippen MR) is 305 cm³/mol. The summed E-state index contributed by atoms with van der Waals surface area (Å²) < 4.78 is 13.8. The Morgan fingerprint density at radius 1 is 0.551 bits per heavy atom. The number of benzene rings is 3. The molecule has 3 rings (SSSR count). The molecule has 0 bridgehead atoms. The number of rotatable bonds is 40. The average molecular weight is 961 g/mol. The third kappa shape index (κ3) is 24.8. The van der Waals surface area contributed by atoms with E-state index in [0.29, 0.717) is 6.42 Å². The Morgan fingerprint density at radius 3 is 1.54 bits per heavy atom. The van der Waals surface area contributed by atoms with Gasteiger partial charge in [-0.2, -0.15) is 0 Å². The van der Waals surface area contributed by atoms with Crippen molar-refractivity contribution in [1.82, 2.24) is 0 Å². The van der Waals surface area contributed by atoms with Gasteiger partial charge in [0.2, 0.25) is 0 Å². The maximum Gasteiger partial charge on any atom is 0.306 e. The number of ether oxygens (including phenoxy) is 1. The van der Waals surface area contributed by atoms with Crippen molar-refractivity contribution in [3.05, 3.63) is 127 Å². The number of aryl methyl sites for hydroxylation is 1. The van der Waals surface area contributed by atoms with Gasteiger partial charge in [0, 0.05) is 31.8 Å². The smallest absolute Gasteiger partial charge is 0.306 e. The van der Waals surface area contributed by atoms with Crippen LogP contribution in [0.15, 0.2) is 121 Å². The van der Waals surface area contributed by atoms with Crippen LogP contribution in [0.4, 0.5) is 5.69 Å². The van der Waals surface area contributed by atoms with Crippen LogP contribution in [-0.4, -0.2) is 40.1 Å². The number of esters is 1. The number of unbranched alkanes of at least 4 members (excludes halogenated alkanes) is 17. The fourth-order valence-electron chi connectivity index (χ4n) is 9.94. The third-order valence-electron chi connectivity index (χ3n) is 14.0. The maximum absolute atomic E-state index is 13.1. The van der Waals surface area contributed by atoms with Crippen LogP contribution in [-0.2, 0) is 14.0 Å². The van der Waals surface area contributed by atoms with E-state index in [0.717, 1.165) is 64.3 Å². The van der Waals surface area contributed by atoms with Gasteiger partial charge in [-0.15, -0.1) is 0 Å². The van der Waals surface area contributed by atoms with Crippen LogP contribution in [0, 0.1) is 6.92 Å². The van der Waals surface area contributed by atoms with Crippen molar-refractivity contribution in [2.75, 3.05) is 18.5 Å². The number of para-hydroxylation sites is 1. The van der Waals surface area contributed by atoms with Crippen molar-refractivity contribution in [3.8, 4) is 0 Å². The molecule has 2 atom stereocenters. The summed E-state index contributed by atoms with van der Waals surface area (Å²) in [6.45, 7) is 14.7. The van der Waals surface area contributed by atoms with E-state index in [1.165, 1.54) is 137 Å². The molecule has 0 fully saturated rings. The molecule has 0 aliphatic heterocycles. The summed E-state index contributed by atoms with van der Waals surface area (Å²) in [6.07, 6.45) is 47.0. The molecule has 0 saturated heterocycles. The van der Waals surface area contributed by atoms with Gasteiger partial charge >= 0.3 is 5.97 Å². The highest BCUT2D eigenvalue weighted by Gasteiger charge is 2.51. The van der Waals surface area contributed by atoms with E-state index in [9.17, 15) is 4.79 Å². The normalized spacial score (nSPS) is 13.2. The second kappa shape index (κ2) is 37.2. The minimum atomic E-state index is -2.59. The van der Waals surface area contributed by atoms with Gasteiger partial charge < -0.3 is 14.1 Å². The zero-order valence-electron chi connectivity index (χ0n) is 45.4. The molecule has 0 spiro atoms. The second-order valence-electron chi connectivity index (χ2n) is 21.1. The van der Waals surface area contributed by atoms with E-state index in [2.05, 4.69) is 175 Å². The molecule has 0 N–H and O–H groups in total. The van der Waals surface area contributed by atoms with Gasteiger partial charge in [-0.3, -0.25) is 4.79 Å². The number of allylic oxidation sites excluding steroid dienone is 5.